The van der Waals surface area contributed by atoms with Crippen LogP contribution in [0, 0.1) is 56.7 Å². The van der Waals surface area contributed by atoms with Gasteiger partial charge in [0.15, 0.2) is 6.29 Å². The van der Waals surface area contributed by atoms with Gasteiger partial charge in [0.2, 0.25) is 5.91 Å². The summed E-state index contributed by atoms with van der Waals surface area (Å²) in [6.45, 7) is 14.0. The molecule has 8 aliphatic rings. The topological polar surface area (TPSA) is 94.5 Å². The number of aliphatic hydroxyl groups excluding tert-OH is 1. The van der Waals surface area contributed by atoms with E-state index in [0.717, 1.165) is 25.7 Å². The van der Waals surface area contributed by atoms with Crippen LogP contribution in [0.2, 0.25) is 0 Å². The quantitative estimate of drug-likeness (QED) is 0.330. The fourth-order valence-corrected chi connectivity index (χ4v) is 14.0. The minimum atomic E-state index is -0.487. The van der Waals surface area contributed by atoms with Gasteiger partial charge in [-0.05, 0) is 122 Å². The molecule has 6 aliphatic carbocycles. The third-order valence-corrected chi connectivity index (χ3v) is 16.6. The summed E-state index contributed by atoms with van der Waals surface area (Å²) >= 11 is 0. The predicted octanol–water partition coefficient (Wildman–Crippen LogP) is 6.12. The summed E-state index contributed by atoms with van der Waals surface area (Å²) in [4.78, 5) is 26.8. The van der Waals surface area contributed by atoms with Gasteiger partial charge in [-0.25, -0.2) is 0 Å². The van der Waals surface area contributed by atoms with Gasteiger partial charge in [-0.3, -0.25) is 9.59 Å². The van der Waals surface area contributed by atoms with Crippen molar-refractivity contribution in [3.8, 4) is 0 Å². The number of nitrogens with zero attached hydrogens (tertiary/aromatic N) is 1. The highest BCUT2D eigenvalue weighted by molar-refractivity contribution is 5.76. The van der Waals surface area contributed by atoms with Gasteiger partial charge in [-0.1, -0.05) is 34.6 Å². The number of carbonyl (C=O) groups excluding carboxylic acids is 2. The molecular formula is C39H61NO7. The highest BCUT2D eigenvalue weighted by Crippen LogP contribution is 2.89. The normalized spacial score (nSPS) is 51.1. The standard InChI is InChI=1S/C39H61NO7/c1-23-19-25(9-12-30(42)44-6)46-33-32(23)36(4)15-16-39-22-38(39)14-13-28(35(2,3)26(38)10-11-27(39)37(36,5)34(33)43)47-31-21-40(17-18-45-31)29(41)20-24-7-8-24/h23-28,31-34,43H,7-22H2,1-6H3. The van der Waals surface area contributed by atoms with Gasteiger partial charge in [-0.15, -0.1) is 0 Å². The molecule has 13 unspecified atom stereocenters. The molecule has 2 aliphatic heterocycles. The van der Waals surface area contributed by atoms with Crippen molar-refractivity contribution in [2.45, 2.75) is 149 Å². The Hall–Kier alpha value is -1.22. The molecule has 2 saturated heterocycles. The van der Waals surface area contributed by atoms with Crippen LogP contribution in [0.3, 0.4) is 0 Å². The molecule has 0 aromatic carbocycles. The van der Waals surface area contributed by atoms with Gasteiger partial charge in [0.05, 0.1) is 44.7 Å². The molecule has 0 radical (unpaired) electrons. The lowest BCUT2D eigenvalue weighted by Gasteiger charge is -2.64. The minimum absolute atomic E-state index is 0.00284. The van der Waals surface area contributed by atoms with E-state index in [0.29, 0.717) is 79.4 Å². The Morgan fingerprint density at radius 1 is 0.979 bits per heavy atom. The first-order valence-electron chi connectivity index (χ1n) is 19.3. The summed E-state index contributed by atoms with van der Waals surface area (Å²) in [7, 11) is 1.45. The number of carbonyl (C=O) groups is 2. The molecule has 264 valence electrons. The predicted molar refractivity (Wildman–Crippen MR) is 176 cm³/mol. The number of ether oxygens (including phenoxy) is 4. The van der Waals surface area contributed by atoms with Gasteiger partial charge in [0.25, 0.3) is 0 Å². The van der Waals surface area contributed by atoms with E-state index in [2.05, 4.69) is 34.6 Å². The molecule has 8 heteroatoms. The van der Waals surface area contributed by atoms with Crippen molar-refractivity contribution in [2.24, 2.45) is 56.7 Å². The molecule has 8 rings (SSSR count). The number of aliphatic hydroxyl groups is 1. The van der Waals surface area contributed by atoms with Gasteiger partial charge in [0.1, 0.15) is 0 Å². The Morgan fingerprint density at radius 2 is 1.72 bits per heavy atom. The molecule has 2 heterocycles. The second kappa shape index (κ2) is 11.1. The lowest BCUT2D eigenvalue weighted by atomic mass is 9.41. The van der Waals surface area contributed by atoms with Crippen LogP contribution in [0.4, 0.5) is 0 Å². The monoisotopic (exact) mass is 655 g/mol. The molecule has 8 nitrogen and oxygen atoms in total. The number of methoxy groups -OCH3 is 1. The van der Waals surface area contributed by atoms with Gasteiger partial charge in [0, 0.05) is 24.8 Å². The Bertz CT molecular complexity index is 1270. The fraction of sp³-hybridized carbons (Fsp3) is 0.949. The number of amides is 1. The smallest absolute Gasteiger partial charge is 0.305 e. The van der Waals surface area contributed by atoms with E-state index >= 15 is 0 Å². The number of fused-ring (bicyclic) bond motifs is 4. The maximum absolute atomic E-state index is 12.9. The van der Waals surface area contributed by atoms with E-state index in [1.807, 2.05) is 4.90 Å². The SMILES string of the molecule is COC(=O)CCC1CC(C)C2C(O1)C(O)C1(C)C3CCC4C(C)(C)C(OC5CN(C(=O)CC6CC6)CCO5)CCC45CC35CCC21C. The Morgan fingerprint density at radius 3 is 2.47 bits per heavy atom. The van der Waals surface area contributed by atoms with Crippen LogP contribution in [0.15, 0.2) is 0 Å². The second-order valence-electron chi connectivity index (χ2n) is 18.7. The molecule has 0 aromatic rings. The zero-order valence-electron chi connectivity index (χ0n) is 29.9. The van der Waals surface area contributed by atoms with Crippen LogP contribution in [0.25, 0.3) is 0 Å². The van der Waals surface area contributed by atoms with Crippen LogP contribution >= 0.6 is 0 Å². The number of hydrogen-bond donors (Lipinski definition) is 1. The lowest BCUT2D eigenvalue weighted by molar-refractivity contribution is -0.248. The van der Waals surface area contributed by atoms with Crippen molar-refractivity contribution in [3.63, 3.8) is 0 Å². The van der Waals surface area contributed by atoms with E-state index in [1.165, 1.54) is 45.6 Å². The summed E-state index contributed by atoms with van der Waals surface area (Å²) in [6.07, 6.45) is 12.5. The summed E-state index contributed by atoms with van der Waals surface area (Å²) in [5.41, 5.74) is 0.483. The molecule has 8 fully saturated rings. The summed E-state index contributed by atoms with van der Waals surface area (Å²) in [5.74, 6) is 2.56. The lowest BCUT2D eigenvalue weighted by Crippen LogP contribution is -2.60. The molecule has 13 atom stereocenters. The summed E-state index contributed by atoms with van der Waals surface area (Å²) < 4.78 is 24.7. The first-order valence-corrected chi connectivity index (χ1v) is 19.3. The third-order valence-electron chi connectivity index (χ3n) is 16.6. The highest BCUT2D eigenvalue weighted by Gasteiger charge is 2.84. The molecule has 2 spiro atoms. The molecule has 47 heavy (non-hydrogen) atoms. The second-order valence-corrected chi connectivity index (χ2v) is 18.7. The molecule has 0 aromatic heterocycles. The third kappa shape index (κ3) is 4.65. The maximum atomic E-state index is 12.9. The van der Waals surface area contributed by atoms with Gasteiger partial charge < -0.3 is 29.0 Å². The number of morpholine rings is 1. The Balaban J connectivity index is 0.987. The van der Waals surface area contributed by atoms with Crippen molar-refractivity contribution < 1.29 is 33.6 Å². The van der Waals surface area contributed by atoms with Crippen molar-refractivity contribution in [2.75, 3.05) is 26.8 Å². The number of hydrogen-bond acceptors (Lipinski definition) is 7. The van der Waals surface area contributed by atoms with Crippen LogP contribution in [0.1, 0.15) is 118 Å². The average Bonchev–Trinajstić information content (AvgIpc) is 3.96. The average molecular weight is 656 g/mol. The highest BCUT2D eigenvalue weighted by atomic mass is 16.7. The zero-order chi connectivity index (χ0) is 33.1. The van der Waals surface area contributed by atoms with Crippen molar-refractivity contribution >= 4 is 11.9 Å². The van der Waals surface area contributed by atoms with Crippen LogP contribution in [-0.2, 0) is 28.5 Å². The van der Waals surface area contributed by atoms with Crippen molar-refractivity contribution in [1.29, 1.82) is 0 Å². The zero-order valence-corrected chi connectivity index (χ0v) is 29.9. The van der Waals surface area contributed by atoms with Crippen molar-refractivity contribution in [3.05, 3.63) is 0 Å². The molecular weight excluding hydrogens is 594 g/mol. The van der Waals surface area contributed by atoms with E-state index in [-0.39, 0.29) is 52.7 Å². The Kier molecular flexibility index (Phi) is 7.81. The van der Waals surface area contributed by atoms with Crippen LogP contribution in [0.5, 0.6) is 0 Å². The van der Waals surface area contributed by atoms with Crippen LogP contribution < -0.4 is 0 Å². The first-order chi connectivity index (χ1) is 22.3. The summed E-state index contributed by atoms with van der Waals surface area (Å²) in [6, 6.07) is 0. The van der Waals surface area contributed by atoms with Crippen molar-refractivity contribution in [1.82, 2.24) is 4.90 Å². The molecule has 1 amide bonds. The maximum Gasteiger partial charge on any atom is 0.305 e. The largest absolute Gasteiger partial charge is 0.469 e. The van der Waals surface area contributed by atoms with E-state index in [4.69, 9.17) is 18.9 Å². The van der Waals surface area contributed by atoms with Gasteiger partial charge >= 0.3 is 5.97 Å². The molecule has 1 N–H and O–H groups in total. The number of esters is 1. The van der Waals surface area contributed by atoms with E-state index in [1.54, 1.807) is 0 Å². The Labute approximate surface area is 282 Å². The fourth-order valence-electron chi connectivity index (χ4n) is 14.0. The first kappa shape index (κ1) is 33.0. The minimum Gasteiger partial charge on any atom is -0.469 e. The van der Waals surface area contributed by atoms with Crippen LogP contribution in [-0.4, -0.2) is 79.4 Å². The number of rotatable bonds is 7. The summed E-state index contributed by atoms with van der Waals surface area (Å²) in [5, 5.41) is 12.4. The van der Waals surface area contributed by atoms with E-state index < -0.39 is 6.10 Å². The van der Waals surface area contributed by atoms with E-state index in [9.17, 15) is 14.7 Å². The molecule has 6 saturated carbocycles. The molecule has 0 bridgehead atoms. The van der Waals surface area contributed by atoms with Gasteiger partial charge in [-0.2, -0.15) is 0 Å².